The van der Waals surface area contributed by atoms with E-state index >= 15 is 0 Å². The third-order valence-corrected chi connectivity index (χ3v) is 7.28. The fourth-order valence-electron chi connectivity index (χ4n) is 4.51. The zero-order chi connectivity index (χ0) is 27.4. The van der Waals surface area contributed by atoms with E-state index in [9.17, 15) is 14.4 Å². The first-order valence-corrected chi connectivity index (χ1v) is 13.4. The molecule has 4 rings (SSSR count). The Morgan fingerprint density at radius 1 is 1.05 bits per heavy atom. The lowest BCUT2D eigenvalue weighted by Gasteiger charge is -2.24. The lowest BCUT2D eigenvalue weighted by atomic mass is 9.96. The maximum absolute atomic E-state index is 13.7. The molecule has 2 aromatic carbocycles. The summed E-state index contributed by atoms with van der Waals surface area (Å²) in [5.41, 5.74) is 3.25. The van der Waals surface area contributed by atoms with Crippen LogP contribution in [0.2, 0.25) is 0 Å². The summed E-state index contributed by atoms with van der Waals surface area (Å²) in [4.78, 5) is 45.5. The zero-order valence-corrected chi connectivity index (χ0v) is 23.0. The molecule has 0 saturated carbocycles. The highest BCUT2D eigenvalue weighted by atomic mass is 32.1. The van der Waals surface area contributed by atoms with Gasteiger partial charge in [0.25, 0.3) is 5.56 Å². The van der Waals surface area contributed by atoms with Crippen LogP contribution in [0.4, 0.5) is 5.69 Å². The van der Waals surface area contributed by atoms with Crippen molar-refractivity contribution < 1.29 is 19.1 Å². The van der Waals surface area contributed by atoms with Crippen LogP contribution >= 0.6 is 11.3 Å². The Bertz CT molecular complexity index is 1550. The monoisotopic (exact) mass is 533 g/mol. The molecule has 0 unspecified atom stereocenters. The fourth-order valence-corrected chi connectivity index (χ4v) is 5.56. The highest BCUT2D eigenvalue weighted by molar-refractivity contribution is 7.07. The molecule has 0 saturated heterocycles. The quantitative estimate of drug-likeness (QED) is 0.325. The van der Waals surface area contributed by atoms with Gasteiger partial charge in [0, 0.05) is 25.7 Å². The molecule has 1 aromatic heterocycles. The van der Waals surface area contributed by atoms with E-state index in [1.807, 2.05) is 30.3 Å². The number of benzene rings is 2. The number of carbonyl (C=O) groups excluding carboxylic acids is 2. The van der Waals surface area contributed by atoms with Gasteiger partial charge in [-0.1, -0.05) is 35.6 Å². The summed E-state index contributed by atoms with van der Waals surface area (Å²) in [5, 5.41) is 0. The summed E-state index contributed by atoms with van der Waals surface area (Å²) >= 11 is 1.28. The molecule has 2 heterocycles. The number of nitrogens with zero attached hydrogens (tertiary/aromatic N) is 3. The molecule has 1 aliphatic rings. The maximum atomic E-state index is 13.7. The topological polar surface area (TPSA) is 90.2 Å². The van der Waals surface area contributed by atoms with Crippen molar-refractivity contribution in [3.8, 4) is 5.75 Å². The Morgan fingerprint density at radius 3 is 2.29 bits per heavy atom. The minimum absolute atomic E-state index is 0.196. The van der Waals surface area contributed by atoms with Crippen LogP contribution in [0.15, 0.2) is 69.6 Å². The molecule has 0 radical (unpaired) electrons. The third-order valence-electron chi connectivity index (χ3n) is 6.29. The maximum Gasteiger partial charge on any atom is 0.338 e. The van der Waals surface area contributed by atoms with Gasteiger partial charge in [-0.25, -0.2) is 9.79 Å². The molecule has 1 aliphatic heterocycles. The van der Waals surface area contributed by atoms with Gasteiger partial charge in [-0.05, 0) is 69.2 Å². The molecule has 198 valence electrons. The second-order valence-electron chi connectivity index (χ2n) is 8.73. The minimum atomic E-state index is -0.733. The number of carbonyl (C=O) groups is 2. The summed E-state index contributed by atoms with van der Waals surface area (Å²) in [7, 11) is 0. The van der Waals surface area contributed by atoms with Crippen molar-refractivity contribution >= 4 is 35.0 Å². The van der Waals surface area contributed by atoms with Crippen molar-refractivity contribution in [3.63, 3.8) is 0 Å². The van der Waals surface area contributed by atoms with E-state index in [1.54, 1.807) is 42.7 Å². The smallest absolute Gasteiger partial charge is 0.338 e. The number of fused-ring (bicyclic) bond motifs is 1. The predicted molar refractivity (Wildman–Crippen MR) is 148 cm³/mol. The lowest BCUT2D eigenvalue weighted by Crippen LogP contribution is -2.39. The van der Waals surface area contributed by atoms with E-state index in [0.717, 1.165) is 24.3 Å². The van der Waals surface area contributed by atoms with Gasteiger partial charge < -0.3 is 14.4 Å². The molecule has 0 N–H and O–H groups in total. The molecule has 0 fully saturated rings. The molecule has 9 heteroatoms. The average molecular weight is 534 g/mol. The van der Waals surface area contributed by atoms with Gasteiger partial charge in [-0.15, -0.1) is 0 Å². The number of hydrogen-bond donors (Lipinski definition) is 0. The summed E-state index contributed by atoms with van der Waals surface area (Å²) in [6.07, 6.45) is 1.85. The number of hydrogen-bond acceptors (Lipinski definition) is 8. The number of rotatable bonds is 8. The van der Waals surface area contributed by atoms with Crippen LogP contribution in [0.5, 0.6) is 5.75 Å². The molecule has 0 spiro atoms. The van der Waals surface area contributed by atoms with Gasteiger partial charge in [-0.2, -0.15) is 0 Å². The van der Waals surface area contributed by atoms with Crippen molar-refractivity contribution in [2.75, 3.05) is 24.6 Å². The van der Waals surface area contributed by atoms with Gasteiger partial charge in [-0.3, -0.25) is 14.2 Å². The molecular formula is C29H31N3O5S. The largest absolute Gasteiger partial charge is 0.463 e. The Morgan fingerprint density at radius 2 is 1.71 bits per heavy atom. The Labute approximate surface area is 225 Å². The molecule has 38 heavy (non-hydrogen) atoms. The second-order valence-corrected chi connectivity index (χ2v) is 9.74. The summed E-state index contributed by atoms with van der Waals surface area (Å²) < 4.78 is 12.5. The van der Waals surface area contributed by atoms with Crippen LogP contribution in [0, 0.1) is 0 Å². The SMILES string of the molecule is CCOC(=O)C1=C(C)N=c2sc(=Cc3ccc(N(CC)CC)cc3)c(=O)n2[C@@H]1c1ccc(OC(C)=O)cc1. The first-order chi connectivity index (χ1) is 18.3. The van der Waals surface area contributed by atoms with E-state index in [0.29, 0.717) is 31.9 Å². The van der Waals surface area contributed by atoms with Crippen molar-refractivity contribution in [1.29, 1.82) is 0 Å². The molecule has 0 bridgehead atoms. The molecular weight excluding hydrogens is 502 g/mol. The number of thiazole rings is 1. The van der Waals surface area contributed by atoms with Crippen LogP contribution in [0.1, 0.15) is 51.8 Å². The fraction of sp³-hybridized carbons (Fsp3) is 0.310. The molecule has 0 amide bonds. The van der Waals surface area contributed by atoms with E-state index in [1.165, 1.54) is 18.3 Å². The number of aromatic nitrogens is 1. The van der Waals surface area contributed by atoms with Crippen LogP contribution in [-0.2, 0) is 14.3 Å². The predicted octanol–water partition coefficient (Wildman–Crippen LogP) is 3.57. The van der Waals surface area contributed by atoms with Gasteiger partial charge in [0.1, 0.15) is 5.75 Å². The molecule has 0 aliphatic carbocycles. The Hall–Kier alpha value is -3.98. The summed E-state index contributed by atoms with van der Waals surface area (Å²) in [6.45, 7) is 11.1. The van der Waals surface area contributed by atoms with E-state index in [4.69, 9.17) is 9.47 Å². The van der Waals surface area contributed by atoms with Crippen LogP contribution in [-0.4, -0.2) is 36.2 Å². The van der Waals surface area contributed by atoms with Crippen molar-refractivity contribution in [2.24, 2.45) is 4.99 Å². The second kappa shape index (κ2) is 11.6. The lowest BCUT2D eigenvalue weighted by molar-refractivity contribution is -0.139. The van der Waals surface area contributed by atoms with Crippen LogP contribution < -0.4 is 24.5 Å². The zero-order valence-electron chi connectivity index (χ0n) is 22.2. The normalized spacial score (nSPS) is 15.1. The third kappa shape index (κ3) is 5.47. The highest BCUT2D eigenvalue weighted by Crippen LogP contribution is 2.31. The number of ether oxygens (including phenoxy) is 2. The van der Waals surface area contributed by atoms with Crippen molar-refractivity contribution in [3.05, 3.63) is 90.6 Å². The van der Waals surface area contributed by atoms with Gasteiger partial charge >= 0.3 is 11.9 Å². The van der Waals surface area contributed by atoms with E-state index < -0.39 is 18.0 Å². The molecule has 8 nitrogen and oxygen atoms in total. The first-order valence-electron chi connectivity index (χ1n) is 12.6. The summed E-state index contributed by atoms with van der Waals surface area (Å²) in [5.74, 6) is -0.580. The van der Waals surface area contributed by atoms with Gasteiger partial charge in [0.15, 0.2) is 4.80 Å². The Balaban J connectivity index is 1.83. The van der Waals surface area contributed by atoms with Crippen molar-refractivity contribution in [1.82, 2.24) is 4.57 Å². The minimum Gasteiger partial charge on any atom is -0.463 e. The van der Waals surface area contributed by atoms with Crippen LogP contribution in [0.25, 0.3) is 6.08 Å². The highest BCUT2D eigenvalue weighted by Gasteiger charge is 2.33. The van der Waals surface area contributed by atoms with E-state index in [2.05, 4.69) is 23.7 Å². The number of esters is 2. The van der Waals surface area contributed by atoms with Crippen molar-refractivity contribution in [2.45, 2.75) is 40.7 Å². The first kappa shape index (κ1) is 27.1. The number of anilines is 1. The summed E-state index contributed by atoms with van der Waals surface area (Å²) in [6, 6.07) is 14.1. The average Bonchev–Trinajstić information content (AvgIpc) is 3.19. The molecule has 3 aromatic rings. The van der Waals surface area contributed by atoms with Gasteiger partial charge in [0.05, 0.1) is 28.5 Å². The Kier molecular flexibility index (Phi) is 8.26. The standard InChI is InChI=1S/C29H31N3O5S/c1-6-31(7-2)22-13-9-20(10-14-22)17-24-27(34)32-26(21-11-15-23(16-12-21)37-19(5)33)25(28(35)36-8-3)18(4)30-29(32)38-24/h9-17,26H,6-8H2,1-5H3/t26-/m1/s1. The molecule has 1 atom stereocenters. The van der Waals surface area contributed by atoms with Crippen LogP contribution in [0.3, 0.4) is 0 Å². The number of allylic oxidation sites excluding steroid dienone is 1. The van der Waals surface area contributed by atoms with E-state index in [-0.39, 0.29) is 12.2 Å². The van der Waals surface area contributed by atoms with Gasteiger partial charge in [0.2, 0.25) is 0 Å².